The summed E-state index contributed by atoms with van der Waals surface area (Å²) < 4.78 is 4.20. The van der Waals surface area contributed by atoms with Crippen molar-refractivity contribution < 1.29 is 4.79 Å². The summed E-state index contributed by atoms with van der Waals surface area (Å²) >= 11 is 5.88. The number of aromatic nitrogens is 3. The van der Waals surface area contributed by atoms with Gasteiger partial charge in [0.15, 0.2) is 0 Å². The van der Waals surface area contributed by atoms with Crippen LogP contribution >= 0.6 is 11.6 Å². The lowest BCUT2D eigenvalue weighted by molar-refractivity contribution is 0.101. The Morgan fingerprint density at radius 1 is 1.11 bits per heavy atom. The highest BCUT2D eigenvalue weighted by atomic mass is 35.5. The van der Waals surface area contributed by atoms with Gasteiger partial charge in [-0.1, -0.05) is 24.9 Å². The SMILES string of the molecule is CCCCn1c(C(=O)Nc2ccc(Cl)cc2)cc2c(=O)n(C)c(=O)n(C)c21. The molecule has 2 aromatic heterocycles. The number of nitrogens with one attached hydrogen (secondary N) is 1. The van der Waals surface area contributed by atoms with Crippen LogP contribution in [0.2, 0.25) is 5.02 Å². The lowest BCUT2D eigenvalue weighted by atomic mass is 10.3. The summed E-state index contributed by atoms with van der Waals surface area (Å²) in [4.78, 5) is 37.8. The standard InChI is InChI=1S/C19H21ClN4O3/c1-4-5-10-24-15(16(25)21-13-8-6-12(20)7-9-13)11-14-17(24)22(2)19(27)23(3)18(14)26/h6-9,11H,4-5,10H2,1-3H3,(H,21,25). The highest BCUT2D eigenvalue weighted by Gasteiger charge is 2.21. The van der Waals surface area contributed by atoms with Gasteiger partial charge in [-0.2, -0.15) is 0 Å². The summed E-state index contributed by atoms with van der Waals surface area (Å²) in [6.45, 7) is 2.57. The molecule has 7 nitrogen and oxygen atoms in total. The van der Waals surface area contributed by atoms with Crippen molar-refractivity contribution in [2.45, 2.75) is 26.3 Å². The molecular weight excluding hydrogens is 368 g/mol. The molecule has 0 atom stereocenters. The van der Waals surface area contributed by atoms with Crippen molar-refractivity contribution in [2.24, 2.45) is 14.1 Å². The second-order valence-corrected chi connectivity index (χ2v) is 6.88. The van der Waals surface area contributed by atoms with Crippen molar-refractivity contribution in [1.29, 1.82) is 0 Å². The summed E-state index contributed by atoms with van der Waals surface area (Å²) in [5.41, 5.74) is 0.555. The van der Waals surface area contributed by atoms with E-state index in [1.165, 1.54) is 11.6 Å². The van der Waals surface area contributed by atoms with Crippen LogP contribution in [0.1, 0.15) is 30.3 Å². The molecular formula is C19H21ClN4O3. The molecule has 8 heteroatoms. The van der Waals surface area contributed by atoms with Gasteiger partial charge in [-0.15, -0.1) is 0 Å². The normalized spacial score (nSPS) is 11.1. The van der Waals surface area contributed by atoms with E-state index in [-0.39, 0.29) is 5.91 Å². The Kier molecular flexibility index (Phi) is 5.23. The van der Waals surface area contributed by atoms with E-state index in [1.54, 1.807) is 41.9 Å². The summed E-state index contributed by atoms with van der Waals surface area (Å²) in [5.74, 6) is -0.348. The Bertz CT molecular complexity index is 1120. The fourth-order valence-corrected chi connectivity index (χ4v) is 3.23. The van der Waals surface area contributed by atoms with Gasteiger partial charge in [-0.3, -0.25) is 18.7 Å². The van der Waals surface area contributed by atoms with E-state index in [1.807, 2.05) is 6.92 Å². The van der Waals surface area contributed by atoms with Crippen molar-refractivity contribution in [1.82, 2.24) is 13.7 Å². The average molecular weight is 389 g/mol. The lowest BCUT2D eigenvalue weighted by Gasteiger charge is -2.13. The van der Waals surface area contributed by atoms with E-state index >= 15 is 0 Å². The lowest BCUT2D eigenvalue weighted by Crippen LogP contribution is -2.37. The van der Waals surface area contributed by atoms with Gasteiger partial charge >= 0.3 is 5.69 Å². The summed E-state index contributed by atoms with van der Waals surface area (Å²) in [7, 11) is 3.04. The number of unbranched alkanes of at least 4 members (excludes halogenated alkanes) is 1. The smallest absolute Gasteiger partial charge is 0.322 e. The first kappa shape index (κ1) is 19.0. The quantitative estimate of drug-likeness (QED) is 0.730. The number of amides is 1. The summed E-state index contributed by atoms with van der Waals surface area (Å²) in [6.07, 6.45) is 1.73. The van der Waals surface area contributed by atoms with Crippen LogP contribution in [-0.4, -0.2) is 19.6 Å². The largest absolute Gasteiger partial charge is 0.332 e. The Balaban J connectivity index is 2.16. The molecule has 0 radical (unpaired) electrons. The molecule has 0 fully saturated rings. The van der Waals surface area contributed by atoms with Gasteiger partial charge in [0.05, 0.1) is 5.39 Å². The number of halogens is 1. The summed E-state index contributed by atoms with van der Waals surface area (Å²) in [6, 6.07) is 8.33. The van der Waals surface area contributed by atoms with Gasteiger partial charge in [0.1, 0.15) is 11.3 Å². The number of rotatable bonds is 5. The maximum Gasteiger partial charge on any atom is 0.332 e. The minimum atomic E-state index is -0.423. The molecule has 1 amide bonds. The van der Waals surface area contributed by atoms with Crippen LogP contribution in [0.3, 0.4) is 0 Å². The third kappa shape index (κ3) is 3.42. The summed E-state index contributed by atoms with van der Waals surface area (Å²) in [5, 5.41) is 3.73. The molecule has 1 N–H and O–H groups in total. The molecule has 3 rings (SSSR count). The molecule has 27 heavy (non-hydrogen) atoms. The number of nitrogens with zero attached hydrogens (tertiary/aromatic N) is 3. The molecule has 2 heterocycles. The predicted molar refractivity (Wildman–Crippen MR) is 107 cm³/mol. The number of carbonyl (C=O) groups excluding carboxylic acids is 1. The Morgan fingerprint density at radius 2 is 1.78 bits per heavy atom. The number of benzene rings is 1. The molecule has 0 aliphatic rings. The second-order valence-electron chi connectivity index (χ2n) is 6.44. The molecule has 1 aromatic carbocycles. The average Bonchev–Trinajstić information content (AvgIpc) is 3.04. The first-order valence-electron chi connectivity index (χ1n) is 8.71. The molecule has 0 unspecified atom stereocenters. The van der Waals surface area contributed by atoms with Gasteiger partial charge in [0, 0.05) is 31.4 Å². The van der Waals surface area contributed by atoms with Crippen LogP contribution in [0.25, 0.3) is 11.0 Å². The van der Waals surface area contributed by atoms with Crippen LogP contribution in [0.15, 0.2) is 39.9 Å². The third-order valence-electron chi connectivity index (χ3n) is 4.57. The van der Waals surface area contributed by atoms with Crippen LogP contribution in [0.5, 0.6) is 0 Å². The molecule has 0 aliphatic heterocycles. The van der Waals surface area contributed by atoms with E-state index in [0.717, 1.165) is 17.4 Å². The van der Waals surface area contributed by atoms with Crippen molar-refractivity contribution in [3.63, 3.8) is 0 Å². The zero-order chi connectivity index (χ0) is 19.7. The Morgan fingerprint density at radius 3 is 2.41 bits per heavy atom. The van der Waals surface area contributed by atoms with Gasteiger partial charge in [0.2, 0.25) is 0 Å². The van der Waals surface area contributed by atoms with Crippen molar-refractivity contribution >= 4 is 34.2 Å². The van der Waals surface area contributed by atoms with E-state index in [2.05, 4.69) is 5.32 Å². The number of carbonyl (C=O) groups is 1. The molecule has 0 aliphatic carbocycles. The molecule has 0 saturated heterocycles. The van der Waals surface area contributed by atoms with Crippen molar-refractivity contribution in [3.8, 4) is 0 Å². The number of hydrogen-bond donors (Lipinski definition) is 1. The third-order valence-corrected chi connectivity index (χ3v) is 4.82. The fraction of sp³-hybridized carbons (Fsp3) is 0.316. The molecule has 0 bridgehead atoms. The number of fused-ring (bicyclic) bond motifs is 1. The van der Waals surface area contributed by atoms with Crippen LogP contribution in [0.4, 0.5) is 5.69 Å². The van der Waals surface area contributed by atoms with Crippen LogP contribution < -0.4 is 16.6 Å². The van der Waals surface area contributed by atoms with Crippen molar-refractivity contribution in [2.75, 3.05) is 5.32 Å². The van der Waals surface area contributed by atoms with Gasteiger partial charge in [-0.05, 0) is 36.8 Å². The van der Waals surface area contributed by atoms with E-state index in [4.69, 9.17) is 11.6 Å². The monoisotopic (exact) mass is 388 g/mol. The zero-order valence-electron chi connectivity index (χ0n) is 15.5. The topological polar surface area (TPSA) is 78.0 Å². The Hall–Kier alpha value is -2.80. The number of aryl methyl sites for hydroxylation is 2. The Labute approximate surface area is 160 Å². The van der Waals surface area contributed by atoms with Gasteiger partial charge in [0.25, 0.3) is 11.5 Å². The highest BCUT2D eigenvalue weighted by Crippen LogP contribution is 2.19. The van der Waals surface area contributed by atoms with Crippen LogP contribution in [0, 0.1) is 0 Å². The maximum absolute atomic E-state index is 12.9. The zero-order valence-corrected chi connectivity index (χ0v) is 16.2. The molecule has 3 aromatic rings. The first-order valence-corrected chi connectivity index (χ1v) is 9.09. The molecule has 0 saturated carbocycles. The predicted octanol–water partition coefficient (Wildman–Crippen LogP) is 2.74. The van der Waals surface area contributed by atoms with E-state index in [0.29, 0.717) is 34.0 Å². The maximum atomic E-state index is 12.9. The van der Waals surface area contributed by atoms with Crippen LogP contribution in [-0.2, 0) is 20.6 Å². The number of hydrogen-bond acceptors (Lipinski definition) is 3. The highest BCUT2D eigenvalue weighted by molar-refractivity contribution is 6.30. The van der Waals surface area contributed by atoms with Gasteiger partial charge in [-0.25, -0.2) is 4.79 Å². The minimum Gasteiger partial charge on any atom is -0.322 e. The fourth-order valence-electron chi connectivity index (χ4n) is 3.10. The van der Waals surface area contributed by atoms with E-state index in [9.17, 15) is 14.4 Å². The molecule has 142 valence electrons. The number of anilines is 1. The van der Waals surface area contributed by atoms with E-state index < -0.39 is 11.2 Å². The van der Waals surface area contributed by atoms with Gasteiger partial charge < -0.3 is 9.88 Å². The first-order chi connectivity index (χ1) is 12.8. The second kappa shape index (κ2) is 7.44. The van der Waals surface area contributed by atoms with Crippen molar-refractivity contribution in [3.05, 3.63) is 61.9 Å². The molecule has 0 spiro atoms. The minimum absolute atomic E-state index is 0.340.